The quantitative estimate of drug-likeness (QED) is 0.851. The molecule has 0 saturated heterocycles. The van der Waals surface area contributed by atoms with Crippen LogP contribution in [0.15, 0.2) is 60.7 Å². The smallest absolute Gasteiger partial charge is 0.217 e. The van der Waals surface area contributed by atoms with Gasteiger partial charge in [-0.25, -0.2) is 13.1 Å². The van der Waals surface area contributed by atoms with Crippen LogP contribution in [0.4, 0.5) is 0 Å². The van der Waals surface area contributed by atoms with Gasteiger partial charge in [0.25, 0.3) is 0 Å². The molecule has 0 radical (unpaired) electrons. The van der Waals surface area contributed by atoms with E-state index >= 15 is 0 Å². The minimum absolute atomic E-state index is 0.227. The average Bonchev–Trinajstić information content (AvgIpc) is 2.51. The molecule has 2 atom stereocenters. The lowest BCUT2D eigenvalue weighted by Gasteiger charge is -2.29. The molecule has 0 unspecified atom stereocenters. The second-order valence-electron chi connectivity index (χ2n) is 5.37. The zero-order chi connectivity index (χ0) is 16.9. The first kappa shape index (κ1) is 17.2. The first-order valence-corrected chi connectivity index (χ1v) is 9.10. The van der Waals surface area contributed by atoms with Crippen molar-refractivity contribution in [3.05, 3.63) is 71.8 Å². The molecular formula is C17H20N2O3S. The van der Waals surface area contributed by atoms with Crippen molar-refractivity contribution >= 4 is 15.9 Å². The highest BCUT2D eigenvalue weighted by Gasteiger charge is 2.28. The van der Waals surface area contributed by atoms with Crippen LogP contribution in [-0.4, -0.2) is 20.6 Å². The highest BCUT2D eigenvalue weighted by molar-refractivity contribution is 7.88. The Balaban J connectivity index is 2.49. The van der Waals surface area contributed by atoms with Crippen LogP contribution in [0.3, 0.4) is 0 Å². The Morgan fingerprint density at radius 1 is 0.870 bits per heavy atom. The van der Waals surface area contributed by atoms with Gasteiger partial charge in [0.2, 0.25) is 15.9 Å². The van der Waals surface area contributed by atoms with Crippen molar-refractivity contribution in [2.75, 3.05) is 6.26 Å². The molecule has 0 heterocycles. The Hall–Kier alpha value is -2.18. The third-order valence-corrected chi connectivity index (χ3v) is 4.03. The Labute approximate surface area is 136 Å². The van der Waals surface area contributed by atoms with Gasteiger partial charge in [-0.1, -0.05) is 60.7 Å². The Morgan fingerprint density at radius 3 is 1.70 bits per heavy atom. The van der Waals surface area contributed by atoms with Gasteiger partial charge in [-0.05, 0) is 11.1 Å². The average molecular weight is 332 g/mol. The van der Waals surface area contributed by atoms with Crippen LogP contribution < -0.4 is 10.0 Å². The number of rotatable bonds is 6. The van der Waals surface area contributed by atoms with Crippen LogP contribution in [0.5, 0.6) is 0 Å². The number of amides is 1. The van der Waals surface area contributed by atoms with E-state index in [9.17, 15) is 13.2 Å². The SMILES string of the molecule is CC(=O)N[C@@H](c1ccccc1)[C@@H](NS(C)(=O)=O)c1ccccc1. The molecule has 6 heteroatoms. The molecule has 0 aliphatic rings. The molecule has 2 N–H and O–H groups in total. The van der Waals surface area contributed by atoms with Crippen LogP contribution in [0.2, 0.25) is 0 Å². The fraction of sp³-hybridized carbons (Fsp3) is 0.235. The third-order valence-electron chi connectivity index (χ3n) is 3.35. The number of hydrogen-bond donors (Lipinski definition) is 2. The van der Waals surface area contributed by atoms with Crippen LogP contribution in [0.25, 0.3) is 0 Å². The molecule has 122 valence electrons. The van der Waals surface area contributed by atoms with E-state index in [1.165, 1.54) is 6.92 Å². The maximum atomic E-state index is 11.8. The van der Waals surface area contributed by atoms with Crippen molar-refractivity contribution in [1.29, 1.82) is 0 Å². The molecule has 2 rings (SSSR count). The van der Waals surface area contributed by atoms with Gasteiger partial charge in [-0.3, -0.25) is 4.79 Å². The van der Waals surface area contributed by atoms with Gasteiger partial charge in [0.05, 0.1) is 18.3 Å². The van der Waals surface area contributed by atoms with Crippen molar-refractivity contribution in [3.63, 3.8) is 0 Å². The van der Waals surface area contributed by atoms with E-state index in [0.29, 0.717) is 0 Å². The number of carbonyl (C=O) groups excluding carboxylic acids is 1. The molecule has 0 saturated carbocycles. The number of hydrogen-bond acceptors (Lipinski definition) is 3. The van der Waals surface area contributed by atoms with Crippen molar-refractivity contribution in [2.45, 2.75) is 19.0 Å². The summed E-state index contributed by atoms with van der Waals surface area (Å²) < 4.78 is 26.3. The lowest BCUT2D eigenvalue weighted by molar-refractivity contribution is -0.119. The molecule has 2 aromatic rings. The van der Waals surface area contributed by atoms with Gasteiger partial charge in [0, 0.05) is 6.92 Å². The molecule has 0 fully saturated rings. The molecular weight excluding hydrogens is 312 g/mol. The molecule has 2 aromatic carbocycles. The third kappa shape index (κ3) is 5.19. The maximum absolute atomic E-state index is 11.8. The number of sulfonamides is 1. The van der Waals surface area contributed by atoms with Gasteiger partial charge in [-0.15, -0.1) is 0 Å². The van der Waals surface area contributed by atoms with Crippen LogP contribution in [-0.2, 0) is 14.8 Å². The molecule has 0 aliphatic carbocycles. The second kappa shape index (κ2) is 7.39. The summed E-state index contributed by atoms with van der Waals surface area (Å²) in [5, 5.41) is 2.85. The van der Waals surface area contributed by atoms with Crippen molar-refractivity contribution in [3.8, 4) is 0 Å². The summed E-state index contributed by atoms with van der Waals surface area (Å²) in [5.41, 5.74) is 1.60. The van der Waals surface area contributed by atoms with Crippen LogP contribution in [0, 0.1) is 0 Å². The van der Waals surface area contributed by atoms with E-state index in [2.05, 4.69) is 10.0 Å². The molecule has 0 aliphatic heterocycles. The number of benzene rings is 2. The minimum atomic E-state index is -3.46. The van der Waals surface area contributed by atoms with Crippen LogP contribution in [0.1, 0.15) is 30.1 Å². The Bertz CT molecular complexity index is 746. The molecule has 5 nitrogen and oxygen atoms in total. The van der Waals surface area contributed by atoms with E-state index < -0.39 is 22.1 Å². The summed E-state index contributed by atoms with van der Waals surface area (Å²) >= 11 is 0. The van der Waals surface area contributed by atoms with Gasteiger partial charge >= 0.3 is 0 Å². The monoisotopic (exact) mass is 332 g/mol. The first-order chi connectivity index (χ1) is 10.9. The van der Waals surface area contributed by atoms with Gasteiger partial charge in [0.1, 0.15) is 0 Å². The largest absolute Gasteiger partial charge is 0.348 e. The van der Waals surface area contributed by atoms with Gasteiger partial charge < -0.3 is 5.32 Å². The molecule has 1 amide bonds. The summed E-state index contributed by atoms with van der Waals surface area (Å²) in [4.78, 5) is 11.6. The summed E-state index contributed by atoms with van der Waals surface area (Å²) in [6.07, 6.45) is 1.11. The fourth-order valence-corrected chi connectivity index (χ4v) is 3.19. The minimum Gasteiger partial charge on any atom is -0.348 e. The Morgan fingerprint density at radius 2 is 1.30 bits per heavy atom. The maximum Gasteiger partial charge on any atom is 0.217 e. The summed E-state index contributed by atoms with van der Waals surface area (Å²) in [6.45, 7) is 1.42. The van der Waals surface area contributed by atoms with E-state index in [0.717, 1.165) is 17.4 Å². The van der Waals surface area contributed by atoms with Gasteiger partial charge in [0.15, 0.2) is 0 Å². The standard InChI is InChI=1S/C17H20N2O3S/c1-13(20)18-16(14-9-5-3-6-10-14)17(19-23(2,21)22)15-11-7-4-8-12-15/h3-12,16-17,19H,1-2H3,(H,18,20)/t16-,17-/m0/s1. The van der Waals surface area contributed by atoms with E-state index in [1.807, 2.05) is 60.7 Å². The zero-order valence-corrected chi connectivity index (χ0v) is 13.9. The van der Waals surface area contributed by atoms with Crippen LogP contribution >= 0.6 is 0 Å². The molecule has 23 heavy (non-hydrogen) atoms. The highest BCUT2D eigenvalue weighted by Crippen LogP contribution is 2.29. The number of nitrogens with one attached hydrogen (secondary N) is 2. The predicted molar refractivity (Wildman–Crippen MR) is 90.2 cm³/mol. The molecule has 0 bridgehead atoms. The Kier molecular flexibility index (Phi) is 5.52. The van der Waals surface area contributed by atoms with E-state index in [-0.39, 0.29) is 5.91 Å². The summed E-state index contributed by atoms with van der Waals surface area (Å²) in [7, 11) is -3.46. The topological polar surface area (TPSA) is 75.3 Å². The van der Waals surface area contributed by atoms with Crippen molar-refractivity contribution in [2.24, 2.45) is 0 Å². The fourth-order valence-electron chi connectivity index (χ4n) is 2.46. The molecule has 0 aromatic heterocycles. The van der Waals surface area contributed by atoms with Gasteiger partial charge in [-0.2, -0.15) is 0 Å². The lowest BCUT2D eigenvalue weighted by Crippen LogP contribution is -2.39. The first-order valence-electron chi connectivity index (χ1n) is 7.21. The van der Waals surface area contributed by atoms with Crippen molar-refractivity contribution in [1.82, 2.24) is 10.0 Å². The highest BCUT2D eigenvalue weighted by atomic mass is 32.2. The normalized spacial score (nSPS) is 14.0. The second-order valence-corrected chi connectivity index (χ2v) is 7.15. The summed E-state index contributed by atoms with van der Waals surface area (Å²) in [6, 6.07) is 17.4. The summed E-state index contributed by atoms with van der Waals surface area (Å²) in [5.74, 6) is -0.227. The number of carbonyl (C=O) groups is 1. The van der Waals surface area contributed by atoms with E-state index in [1.54, 1.807) is 0 Å². The van der Waals surface area contributed by atoms with Crippen molar-refractivity contribution < 1.29 is 13.2 Å². The molecule has 0 spiro atoms. The lowest BCUT2D eigenvalue weighted by atomic mass is 9.94. The van der Waals surface area contributed by atoms with E-state index in [4.69, 9.17) is 0 Å². The zero-order valence-electron chi connectivity index (χ0n) is 13.1. The predicted octanol–water partition coefficient (Wildman–Crippen LogP) is 2.15.